The first-order chi connectivity index (χ1) is 17.9. The van der Waals surface area contributed by atoms with Crippen molar-refractivity contribution >= 4 is 51.4 Å². The van der Waals surface area contributed by atoms with Gasteiger partial charge in [-0.3, -0.25) is 4.90 Å². The maximum Gasteiger partial charge on any atom is 0.323 e. The molecule has 1 fully saturated rings. The summed E-state index contributed by atoms with van der Waals surface area (Å²) in [6.45, 7) is 5.19. The summed E-state index contributed by atoms with van der Waals surface area (Å²) in [5.74, 6) is 0.00889. The monoisotopic (exact) mass is 519 g/mol. The van der Waals surface area contributed by atoms with Crippen LogP contribution in [0, 0.1) is 5.82 Å². The van der Waals surface area contributed by atoms with Gasteiger partial charge in [-0.25, -0.2) is 19.2 Å². The largest absolute Gasteiger partial charge is 0.340 e. The first-order valence-electron chi connectivity index (χ1n) is 12.0. The van der Waals surface area contributed by atoms with Gasteiger partial charge in [-0.1, -0.05) is 23.7 Å². The molecule has 8 nitrogen and oxygen atoms in total. The Kier molecular flexibility index (Phi) is 7.45. The topological polar surface area (TPSA) is 85.4 Å². The Morgan fingerprint density at radius 1 is 0.919 bits per heavy atom. The zero-order chi connectivity index (χ0) is 25.8. The summed E-state index contributed by atoms with van der Waals surface area (Å²) in [5.41, 5.74) is 3.77. The van der Waals surface area contributed by atoms with Crippen molar-refractivity contribution < 1.29 is 9.18 Å². The van der Waals surface area contributed by atoms with Crippen molar-refractivity contribution in [1.29, 1.82) is 0 Å². The lowest BCUT2D eigenvalue weighted by Gasteiger charge is -2.32. The molecule has 4 aromatic rings. The van der Waals surface area contributed by atoms with Gasteiger partial charge in [0.2, 0.25) is 0 Å². The van der Waals surface area contributed by atoms with Crippen LogP contribution >= 0.6 is 11.6 Å². The summed E-state index contributed by atoms with van der Waals surface area (Å²) < 4.78 is 13.5. The SMILES string of the molecule is CN1CCN(Cc2ccc(NC(=O)Nc3ccc4ncnc(Nc5ccc(F)c(Cl)c5)c4c3)cc2)CC1. The van der Waals surface area contributed by atoms with Crippen LogP contribution < -0.4 is 16.0 Å². The normalized spacial score (nSPS) is 14.5. The Morgan fingerprint density at radius 3 is 2.38 bits per heavy atom. The molecule has 5 rings (SSSR count). The molecule has 0 atom stereocenters. The molecule has 0 unspecified atom stereocenters. The van der Waals surface area contributed by atoms with E-state index < -0.39 is 5.82 Å². The molecule has 1 aromatic heterocycles. The second-order valence-corrected chi connectivity index (χ2v) is 9.47. The predicted octanol–water partition coefficient (Wildman–Crippen LogP) is 5.56. The van der Waals surface area contributed by atoms with Crippen LogP contribution in [0.2, 0.25) is 5.02 Å². The van der Waals surface area contributed by atoms with Crippen LogP contribution in [0.5, 0.6) is 0 Å². The van der Waals surface area contributed by atoms with Gasteiger partial charge >= 0.3 is 6.03 Å². The van der Waals surface area contributed by atoms with Gasteiger partial charge < -0.3 is 20.9 Å². The highest BCUT2D eigenvalue weighted by Crippen LogP contribution is 2.28. The van der Waals surface area contributed by atoms with Crippen LogP contribution in [-0.2, 0) is 6.54 Å². The number of nitrogens with zero attached hydrogens (tertiary/aromatic N) is 4. The van der Waals surface area contributed by atoms with E-state index in [0.717, 1.165) is 32.7 Å². The molecule has 1 aliphatic heterocycles. The second-order valence-electron chi connectivity index (χ2n) is 9.06. The third-order valence-electron chi connectivity index (χ3n) is 6.29. The number of likely N-dealkylation sites (N-methyl/N-ethyl adjacent to an activating group) is 1. The number of rotatable bonds is 6. The van der Waals surface area contributed by atoms with E-state index in [-0.39, 0.29) is 11.1 Å². The predicted molar refractivity (Wildman–Crippen MR) is 146 cm³/mol. The molecular weight excluding hydrogens is 493 g/mol. The first-order valence-corrected chi connectivity index (χ1v) is 12.4. The fourth-order valence-corrected chi connectivity index (χ4v) is 4.38. The summed E-state index contributed by atoms with van der Waals surface area (Å²) >= 11 is 5.90. The summed E-state index contributed by atoms with van der Waals surface area (Å²) in [5, 5.41) is 9.56. The molecule has 2 heterocycles. The van der Waals surface area contributed by atoms with Crippen molar-refractivity contribution in [1.82, 2.24) is 19.8 Å². The molecule has 0 bridgehead atoms. The van der Waals surface area contributed by atoms with Crippen molar-refractivity contribution in [2.75, 3.05) is 49.2 Å². The number of urea groups is 1. The number of nitrogens with one attached hydrogen (secondary N) is 3. The lowest BCUT2D eigenvalue weighted by molar-refractivity contribution is 0.148. The van der Waals surface area contributed by atoms with E-state index in [2.05, 4.69) is 42.8 Å². The molecule has 0 radical (unpaired) electrons. The molecule has 1 saturated heterocycles. The first kappa shape index (κ1) is 24.9. The van der Waals surface area contributed by atoms with Gasteiger partial charge in [-0.2, -0.15) is 0 Å². The molecule has 3 N–H and O–H groups in total. The van der Waals surface area contributed by atoms with Crippen molar-refractivity contribution in [3.63, 3.8) is 0 Å². The molecule has 0 aliphatic carbocycles. The third kappa shape index (κ3) is 6.32. The highest BCUT2D eigenvalue weighted by molar-refractivity contribution is 6.31. The minimum atomic E-state index is -0.498. The number of piperazine rings is 1. The smallest absolute Gasteiger partial charge is 0.323 e. The molecule has 0 spiro atoms. The van der Waals surface area contributed by atoms with Crippen LogP contribution in [0.3, 0.4) is 0 Å². The van der Waals surface area contributed by atoms with E-state index >= 15 is 0 Å². The molecule has 0 saturated carbocycles. The van der Waals surface area contributed by atoms with E-state index in [0.29, 0.717) is 33.8 Å². The molecule has 1 aliphatic rings. The zero-order valence-corrected chi connectivity index (χ0v) is 21.1. The van der Waals surface area contributed by atoms with E-state index in [1.165, 1.54) is 24.0 Å². The Hall–Kier alpha value is -3.79. The highest BCUT2D eigenvalue weighted by Gasteiger charge is 2.14. The maximum atomic E-state index is 13.5. The standard InChI is InChI=1S/C27H27ClFN7O/c1-35-10-12-36(13-11-35)16-18-2-4-19(5-3-18)33-27(37)34-20-7-9-25-22(14-20)26(31-17-30-25)32-21-6-8-24(29)23(28)15-21/h2-9,14-15,17H,10-13,16H2,1H3,(H,30,31,32)(H2,33,34,37). The molecule has 190 valence electrons. The fraction of sp³-hybridized carbons (Fsp3) is 0.222. The van der Waals surface area contributed by atoms with Crippen molar-refractivity contribution in [3.05, 3.63) is 83.4 Å². The highest BCUT2D eigenvalue weighted by atomic mass is 35.5. The summed E-state index contributed by atoms with van der Waals surface area (Å²) in [7, 11) is 2.15. The summed E-state index contributed by atoms with van der Waals surface area (Å²) in [4.78, 5) is 26.0. The van der Waals surface area contributed by atoms with Crippen LogP contribution in [0.25, 0.3) is 10.9 Å². The number of hydrogen-bond donors (Lipinski definition) is 3. The zero-order valence-electron chi connectivity index (χ0n) is 20.3. The van der Waals surface area contributed by atoms with Gasteiger partial charge in [-0.15, -0.1) is 0 Å². The number of fused-ring (bicyclic) bond motifs is 1. The van der Waals surface area contributed by atoms with Gasteiger partial charge in [0.15, 0.2) is 0 Å². The number of benzene rings is 3. The van der Waals surface area contributed by atoms with E-state index in [9.17, 15) is 9.18 Å². The van der Waals surface area contributed by atoms with Crippen LogP contribution in [-0.4, -0.2) is 59.0 Å². The Bertz CT molecular complexity index is 1410. The number of anilines is 4. The number of halogens is 2. The number of carbonyl (C=O) groups excluding carboxylic acids is 1. The number of amides is 2. The number of aromatic nitrogens is 2. The van der Waals surface area contributed by atoms with Gasteiger partial charge in [0, 0.05) is 55.2 Å². The maximum absolute atomic E-state index is 13.5. The van der Waals surface area contributed by atoms with Crippen LogP contribution in [0.15, 0.2) is 67.0 Å². The number of carbonyl (C=O) groups is 1. The lowest BCUT2D eigenvalue weighted by atomic mass is 10.2. The average Bonchev–Trinajstić information content (AvgIpc) is 2.89. The third-order valence-corrected chi connectivity index (χ3v) is 6.58. The molecule has 10 heteroatoms. The molecule has 3 aromatic carbocycles. The van der Waals surface area contributed by atoms with Crippen molar-refractivity contribution in [2.45, 2.75) is 6.54 Å². The Morgan fingerprint density at radius 2 is 1.62 bits per heavy atom. The van der Waals surface area contributed by atoms with E-state index in [1.807, 2.05) is 24.3 Å². The minimum absolute atomic E-state index is 0.00903. The lowest BCUT2D eigenvalue weighted by Crippen LogP contribution is -2.43. The van der Waals surface area contributed by atoms with Crippen molar-refractivity contribution in [2.24, 2.45) is 0 Å². The fourth-order valence-electron chi connectivity index (χ4n) is 4.20. The van der Waals surface area contributed by atoms with Gasteiger partial charge in [0.25, 0.3) is 0 Å². The quantitative estimate of drug-likeness (QED) is 0.309. The Balaban J connectivity index is 1.23. The summed E-state index contributed by atoms with van der Waals surface area (Å²) in [6, 6.07) is 17.2. The van der Waals surface area contributed by atoms with Gasteiger partial charge in [-0.05, 0) is 61.1 Å². The molecular formula is C27H27ClFN7O. The van der Waals surface area contributed by atoms with Gasteiger partial charge in [0.1, 0.15) is 18.0 Å². The average molecular weight is 520 g/mol. The van der Waals surface area contributed by atoms with Crippen LogP contribution in [0.4, 0.5) is 32.1 Å². The molecule has 37 heavy (non-hydrogen) atoms. The van der Waals surface area contributed by atoms with E-state index in [4.69, 9.17) is 11.6 Å². The van der Waals surface area contributed by atoms with Crippen LogP contribution in [0.1, 0.15) is 5.56 Å². The van der Waals surface area contributed by atoms with E-state index in [1.54, 1.807) is 24.3 Å². The van der Waals surface area contributed by atoms with Crippen molar-refractivity contribution in [3.8, 4) is 0 Å². The molecule has 2 amide bonds. The Labute approximate surface area is 219 Å². The second kappa shape index (κ2) is 11.1. The minimum Gasteiger partial charge on any atom is -0.340 e. The van der Waals surface area contributed by atoms with Gasteiger partial charge in [0.05, 0.1) is 10.5 Å². The number of hydrogen-bond acceptors (Lipinski definition) is 6. The summed E-state index contributed by atoms with van der Waals surface area (Å²) in [6.07, 6.45) is 1.43.